The molecule has 0 bridgehead atoms. The first-order chi connectivity index (χ1) is 5.38. The van der Waals surface area contributed by atoms with Gasteiger partial charge in [0.15, 0.2) is 0 Å². The quantitative estimate of drug-likeness (QED) is 0.550. The first-order valence-corrected chi connectivity index (χ1v) is 4.07. The molecule has 0 N–H and O–H groups in total. The predicted octanol–water partition coefficient (Wildman–Crippen LogP) is 2.00. The largest absolute Gasteiger partial charge is 0.308 e. The second-order valence-electron chi connectivity index (χ2n) is 2.96. The molecular weight excluding hydrogens is 136 g/mol. The molecule has 1 aliphatic heterocycles. The highest BCUT2D eigenvalue weighted by Gasteiger charge is 2.05. The predicted molar refractivity (Wildman–Crippen MR) is 45.2 cm³/mol. The van der Waals surface area contributed by atoms with Gasteiger partial charge in [0.2, 0.25) is 0 Å². The van der Waals surface area contributed by atoms with Crippen molar-refractivity contribution in [2.75, 3.05) is 0 Å². The minimum absolute atomic E-state index is 1.11. The third-order valence-corrected chi connectivity index (χ3v) is 2.08. The summed E-state index contributed by atoms with van der Waals surface area (Å²) >= 11 is 0. The van der Waals surface area contributed by atoms with E-state index in [2.05, 4.69) is 28.8 Å². The van der Waals surface area contributed by atoms with Gasteiger partial charge in [0.1, 0.15) is 5.82 Å². The summed E-state index contributed by atoms with van der Waals surface area (Å²) in [6, 6.07) is 0. The van der Waals surface area contributed by atoms with Gasteiger partial charge in [0.05, 0.1) is 0 Å². The van der Waals surface area contributed by atoms with Crippen LogP contribution in [0.4, 0.5) is 0 Å². The van der Waals surface area contributed by atoms with E-state index in [1.165, 1.54) is 24.4 Å². The second kappa shape index (κ2) is 2.53. The van der Waals surface area contributed by atoms with Gasteiger partial charge in [0.25, 0.3) is 0 Å². The molecule has 0 aromatic carbocycles. The lowest BCUT2D eigenvalue weighted by molar-refractivity contribution is 0.795. The molecule has 58 valence electrons. The van der Waals surface area contributed by atoms with Crippen molar-refractivity contribution in [1.82, 2.24) is 9.55 Å². The highest BCUT2D eigenvalue weighted by atomic mass is 15.1. The molecule has 0 aliphatic carbocycles. The molecule has 11 heavy (non-hydrogen) atoms. The molecule has 0 radical (unpaired) electrons. The molecule has 2 nitrogen and oxygen atoms in total. The van der Waals surface area contributed by atoms with E-state index >= 15 is 0 Å². The lowest BCUT2D eigenvalue weighted by Gasteiger charge is -1.99. The minimum atomic E-state index is 1.11. The van der Waals surface area contributed by atoms with Crippen LogP contribution >= 0.6 is 0 Å². The molecule has 0 amide bonds. The van der Waals surface area contributed by atoms with Crippen molar-refractivity contribution in [3.63, 3.8) is 0 Å². The Morgan fingerprint density at radius 3 is 3.36 bits per heavy atom. The first-order valence-electron chi connectivity index (χ1n) is 4.07. The third kappa shape index (κ3) is 1.09. The number of imidazole rings is 1. The zero-order chi connectivity index (χ0) is 7.68. The monoisotopic (exact) mass is 148 g/mol. The van der Waals surface area contributed by atoms with Gasteiger partial charge < -0.3 is 4.57 Å². The van der Waals surface area contributed by atoms with Gasteiger partial charge in [-0.05, 0) is 19.8 Å². The number of fused-ring (bicyclic) bond motifs is 1. The summed E-state index contributed by atoms with van der Waals surface area (Å²) in [5.41, 5.74) is 1.23. The van der Waals surface area contributed by atoms with Gasteiger partial charge in [-0.3, -0.25) is 0 Å². The summed E-state index contributed by atoms with van der Waals surface area (Å²) in [4.78, 5) is 4.33. The average Bonchev–Trinajstić information content (AvgIpc) is 2.25. The van der Waals surface area contributed by atoms with Crippen LogP contribution in [0.1, 0.15) is 24.4 Å². The number of hydrogen-bond donors (Lipinski definition) is 0. The van der Waals surface area contributed by atoms with E-state index < -0.39 is 0 Å². The molecule has 2 rings (SSSR count). The van der Waals surface area contributed by atoms with Gasteiger partial charge in [-0.25, -0.2) is 4.98 Å². The number of aryl methyl sites for hydroxylation is 2. The van der Waals surface area contributed by atoms with E-state index in [0.29, 0.717) is 0 Å². The van der Waals surface area contributed by atoms with Crippen molar-refractivity contribution < 1.29 is 0 Å². The Hall–Kier alpha value is -1.05. The van der Waals surface area contributed by atoms with Gasteiger partial charge in [0, 0.05) is 24.5 Å². The molecule has 1 aliphatic rings. The van der Waals surface area contributed by atoms with Gasteiger partial charge in [-0.2, -0.15) is 0 Å². The molecule has 2 heterocycles. The Balaban J connectivity index is 2.48. The molecule has 2 heteroatoms. The summed E-state index contributed by atoms with van der Waals surface area (Å²) in [6.45, 7) is 2.09. The second-order valence-corrected chi connectivity index (χ2v) is 2.96. The fraction of sp³-hybridized carbons (Fsp3) is 0.444. The zero-order valence-electron chi connectivity index (χ0n) is 6.75. The van der Waals surface area contributed by atoms with Crippen LogP contribution in [-0.4, -0.2) is 9.55 Å². The van der Waals surface area contributed by atoms with E-state index in [9.17, 15) is 0 Å². The standard InChI is InChI=1S/C9H12N2/c1-8-7-10-9-5-3-2-4-6-11(8)9/h4,6-7H,2-3,5H2,1H3. The van der Waals surface area contributed by atoms with Gasteiger partial charge in [-0.1, -0.05) is 6.08 Å². The van der Waals surface area contributed by atoms with Crippen LogP contribution in [0.25, 0.3) is 6.20 Å². The van der Waals surface area contributed by atoms with E-state index in [1.54, 1.807) is 0 Å². The van der Waals surface area contributed by atoms with Crippen LogP contribution in [-0.2, 0) is 6.42 Å². The van der Waals surface area contributed by atoms with Crippen LogP contribution in [0.15, 0.2) is 12.3 Å². The third-order valence-electron chi connectivity index (χ3n) is 2.08. The van der Waals surface area contributed by atoms with Crippen molar-refractivity contribution in [3.8, 4) is 0 Å². The Kier molecular flexibility index (Phi) is 1.53. The van der Waals surface area contributed by atoms with E-state index in [1.807, 2.05) is 6.20 Å². The number of allylic oxidation sites excluding steroid dienone is 1. The van der Waals surface area contributed by atoms with Crippen LogP contribution < -0.4 is 0 Å². The topological polar surface area (TPSA) is 17.8 Å². The van der Waals surface area contributed by atoms with Crippen LogP contribution in [0.5, 0.6) is 0 Å². The average molecular weight is 148 g/mol. The summed E-state index contributed by atoms with van der Waals surface area (Å²) in [5.74, 6) is 1.20. The molecule has 0 atom stereocenters. The fourth-order valence-corrected chi connectivity index (χ4v) is 1.44. The zero-order valence-corrected chi connectivity index (χ0v) is 6.75. The Morgan fingerprint density at radius 2 is 2.45 bits per heavy atom. The molecule has 0 spiro atoms. The van der Waals surface area contributed by atoms with Crippen LogP contribution in [0.2, 0.25) is 0 Å². The van der Waals surface area contributed by atoms with E-state index in [0.717, 1.165) is 6.42 Å². The number of hydrogen-bond acceptors (Lipinski definition) is 1. The highest BCUT2D eigenvalue weighted by Crippen LogP contribution is 2.12. The van der Waals surface area contributed by atoms with Crippen LogP contribution in [0.3, 0.4) is 0 Å². The molecule has 0 unspecified atom stereocenters. The van der Waals surface area contributed by atoms with Gasteiger partial charge in [-0.15, -0.1) is 0 Å². The molecular formula is C9H12N2. The SMILES string of the molecule is Cc1cnc2n1C=CCCC2. The lowest BCUT2D eigenvalue weighted by Crippen LogP contribution is -1.95. The van der Waals surface area contributed by atoms with Gasteiger partial charge >= 0.3 is 0 Å². The van der Waals surface area contributed by atoms with E-state index in [-0.39, 0.29) is 0 Å². The Bertz CT molecular complexity index is 284. The summed E-state index contributed by atoms with van der Waals surface area (Å²) in [5, 5.41) is 0. The lowest BCUT2D eigenvalue weighted by atomic mass is 10.2. The molecule has 1 aromatic heterocycles. The molecule has 0 saturated heterocycles. The number of rotatable bonds is 0. The first kappa shape index (κ1) is 6.65. The summed E-state index contributed by atoms with van der Waals surface area (Å²) < 4.78 is 2.17. The maximum absolute atomic E-state index is 4.33. The van der Waals surface area contributed by atoms with Crippen molar-refractivity contribution in [3.05, 3.63) is 23.8 Å². The maximum atomic E-state index is 4.33. The number of nitrogens with zero attached hydrogens (tertiary/aromatic N) is 2. The molecule has 0 fully saturated rings. The van der Waals surface area contributed by atoms with Crippen molar-refractivity contribution in [2.24, 2.45) is 0 Å². The van der Waals surface area contributed by atoms with Crippen molar-refractivity contribution >= 4 is 6.20 Å². The van der Waals surface area contributed by atoms with Crippen molar-refractivity contribution in [2.45, 2.75) is 26.2 Å². The minimum Gasteiger partial charge on any atom is -0.308 e. The summed E-state index contributed by atoms with van der Waals surface area (Å²) in [7, 11) is 0. The summed E-state index contributed by atoms with van der Waals surface area (Å²) in [6.07, 6.45) is 9.80. The Labute approximate surface area is 66.6 Å². The van der Waals surface area contributed by atoms with Crippen molar-refractivity contribution in [1.29, 1.82) is 0 Å². The maximum Gasteiger partial charge on any atom is 0.112 e. The number of aromatic nitrogens is 2. The molecule has 0 saturated carbocycles. The molecule has 1 aromatic rings. The highest BCUT2D eigenvalue weighted by molar-refractivity contribution is 5.29. The fourth-order valence-electron chi connectivity index (χ4n) is 1.44. The smallest absolute Gasteiger partial charge is 0.112 e. The normalized spacial score (nSPS) is 16.1. The van der Waals surface area contributed by atoms with Crippen LogP contribution in [0, 0.1) is 6.92 Å². The van der Waals surface area contributed by atoms with E-state index in [4.69, 9.17) is 0 Å². The Morgan fingerprint density at radius 1 is 1.55 bits per heavy atom.